The highest BCUT2D eigenvalue weighted by Gasteiger charge is 2.40. The maximum atomic E-state index is 12.4. The van der Waals surface area contributed by atoms with Crippen molar-refractivity contribution in [3.05, 3.63) is 24.3 Å². The van der Waals surface area contributed by atoms with Gasteiger partial charge >= 0.3 is 5.97 Å². The number of unbranched alkanes of at least 4 members (excludes halogenated alkanes) is 1. The maximum Gasteiger partial charge on any atom is 0.305 e. The summed E-state index contributed by atoms with van der Waals surface area (Å²) in [7, 11) is 1.39. The molecule has 2 fully saturated rings. The molecule has 0 amide bonds. The highest BCUT2D eigenvalue weighted by Crippen LogP contribution is 2.44. The minimum atomic E-state index is -0.641. The number of rotatable bonds is 12. The van der Waals surface area contributed by atoms with Gasteiger partial charge in [0.15, 0.2) is 0 Å². The average Bonchev–Trinajstić information content (AvgIpc) is 3.03. The van der Waals surface area contributed by atoms with Crippen LogP contribution < -0.4 is 0 Å². The van der Waals surface area contributed by atoms with Crippen LogP contribution in [0.15, 0.2) is 24.3 Å². The first kappa shape index (κ1) is 25.8. The zero-order valence-corrected chi connectivity index (χ0v) is 19.4. The second-order valence-corrected chi connectivity index (χ2v) is 9.45. The van der Waals surface area contributed by atoms with Crippen LogP contribution in [-0.4, -0.2) is 41.3 Å². The lowest BCUT2D eigenvalue weighted by Crippen LogP contribution is -2.37. The van der Waals surface area contributed by atoms with Gasteiger partial charge in [-0.15, -0.1) is 0 Å². The van der Waals surface area contributed by atoms with Crippen molar-refractivity contribution in [1.82, 2.24) is 0 Å². The standard InChI is InChI=1S/C26H42O5/c1-3-16-26(17-9-6-10-18-26)24(29)14-11-13-21-20(22(27)19-23(21)28)12-7-4-5-8-15-25(30)31-2/h4,7,11,13,20-21,23-24,28-29H,3,5-6,8-10,12,14-19H2,1-2H3/b7-4-,13-11+/t20-,21-,23-,24?/m1/s1. The van der Waals surface area contributed by atoms with Crippen molar-refractivity contribution in [1.29, 1.82) is 0 Å². The van der Waals surface area contributed by atoms with Crippen molar-refractivity contribution in [2.24, 2.45) is 17.3 Å². The van der Waals surface area contributed by atoms with Crippen LogP contribution in [0.2, 0.25) is 0 Å². The quantitative estimate of drug-likeness (QED) is 0.259. The van der Waals surface area contributed by atoms with Crippen LogP contribution in [0.3, 0.4) is 0 Å². The number of aliphatic hydroxyl groups excluding tert-OH is 2. The lowest BCUT2D eigenvalue weighted by atomic mass is 9.67. The number of hydrogen-bond acceptors (Lipinski definition) is 5. The molecule has 0 heterocycles. The number of carbonyl (C=O) groups excluding carboxylic acids is 2. The van der Waals surface area contributed by atoms with Crippen LogP contribution in [0, 0.1) is 17.3 Å². The number of allylic oxidation sites excluding steroid dienone is 2. The minimum absolute atomic E-state index is 0.0355. The van der Waals surface area contributed by atoms with Crippen LogP contribution in [0.25, 0.3) is 0 Å². The Morgan fingerprint density at radius 1 is 1.23 bits per heavy atom. The Balaban J connectivity index is 1.88. The fourth-order valence-corrected chi connectivity index (χ4v) is 5.47. The summed E-state index contributed by atoms with van der Waals surface area (Å²) >= 11 is 0. The fourth-order valence-electron chi connectivity index (χ4n) is 5.47. The average molecular weight is 435 g/mol. The van der Waals surface area contributed by atoms with Crippen molar-refractivity contribution in [2.45, 2.75) is 103 Å². The maximum absolute atomic E-state index is 12.4. The summed E-state index contributed by atoms with van der Waals surface area (Å²) in [6.07, 6.45) is 18.3. The Labute approximate surface area is 187 Å². The van der Waals surface area contributed by atoms with Gasteiger partial charge in [-0.25, -0.2) is 0 Å². The molecule has 4 atom stereocenters. The number of aliphatic hydroxyl groups is 2. The third-order valence-corrected chi connectivity index (χ3v) is 7.29. The number of carbonyl (C=O) groups is 2. The van der Waals surface area contributed by atoms with E-state index >= 15 is 0 Å². The van der Waals surface area contributed by atoms with E-state index in [0.717, 1.165) is 38.5 Å². The number of Topliss-reactive ketones (excluding diaryl/α,β-unsaturated/α-hetero) is 1. The molecule has 5 heteroatoms. The topological polar surface area (TPSA) is 83.8 Å². The molecule has 2 N–H and O–H groups in total. The minimum Gasteiger partial charge on any atom is -0.469 e. The first-order valence-corrected chi connectivity index (χ1v) is 12.2. The van der Waals surface area contributed by atoms with Gasteiger partial charge in [-0.05, 0) is 50.4 Å². The molecular weight excluding hydrogens is 392 g/mol. The Bertz CT molecular complexity index is 612. The highest BCUT2D eigenvalue weighted by molar-refractivity contribution is 5.84. The molecule has 5 nitrogen and oxygen atoms in total. The molecule has 2 aliphatic carbocycles. The Kier molecular flexibility index (Phi) is 11.0. The van der Waals surface area contributed by atoms with Crippen LogP contribution in [0.1, 0.15) is 90.4 Å². The fraction of sp³-hybridized carbons (Fsp3) is 0.769. The molecule has 0 spiro atoms. The van der Waals surface area contributed by atoms with Gasteiger partial charge in [-0.1, -0.05) is 56.9 Å². The van der Waals surface area contributed by atoms with Gasteiger partial charge in [0.25, 0.3) is 0 Å². The smallest absolute Gasteiger partial charge is 0.305 e. The van der Waals surface area contributed by atoms with E-state index in [-0.39, 0.29) is 41.5 Å². The van der Waals surface area contributed by atoms with E-state index in [1.165, 1.54) is 26.4 Å². The van der Waals surface area contributed by atoms with E-state index < -0.39 is 6.10 Å². The van der Waals surface area contributed by atoms with E-state index in [4.69, 9.17) is 0 Å². The summed E-state index contributed by atoms with van der Waals surface area (Å²) in [6, 6.07) is 0. The third-order valence-electron chi connectivity index (χ3n) is 7.29. The van der Waals surface area contributed by atoms with E-state index in [0.29, 0.717) is 19.3 Å². The summed E-state index contributed by atoms with van der Waals surface area (Å²) in [6.45, 7) is 2.19. The largest absolute Gasteiger partial charge is 0.469 e. The Hall–Kier alpha value is -1.46. The van der Waals surface area contributed by atoms with Crippen molar-refractivity contribution < 1.29 is 24.5 Å². The Morgan fingerprint density at radius 2 is 1.97 bits per heavy atom. The van der Waals surface area contributed by atoms with Gasteiger partial charge in [0.2, 0.25) is 0 Å². The van der Waals surface area contributed by atoms with E-state index in [1.54, 1.807) is 0 Å². The predicted octanol–water partition coefficient (Wildman–Crippen LogP) is 4.90. The summed E-state index contributed by atoms with van der Waals surface area (Å²) in [4.78, 5) is 23.5. The summed E-state index contributed by atoms with van der Waals surface area (Å²) in [5.74, 6) is -0.493. The van der Waals surface area contributed by atoms with Gasteiger partial charge in [0, 0.05) is 24.7 Å². The normalized spacial score (nSPS) is 27.2. The van der Waals surface area contributed by atoms with Crippen LogP contribution in [-0.2, 0) is 14.3 Å². The van der Waals surface area contributed by atoms with Crippen molar-refractivity contribution in [2.75, 3.05) is 7.11 Å². The molecule has 2 rings (SSSR count). The molecule has 0 aromatic rings. The van der Waals surface area contributed by atoms with Crippen molar-refractivity contribution in [3.8, 4) is 0 Å². The molecule has 0 aromatic heterocycles. The van der Waals surface area contributed by atoms with Crippen LogP contribution in [0.5, 0.6) is 0 Å². The van der Waals surface area contributed by atoms with Gasteiger partial charge < -0.3 is 14.9 Å². The molecule has 1 unspecified atom stereocenters. The number of ether oxygens (including phenoxy) is 1. The molecule has 0 aromatic carbocycles. The van der Waals surface area contributed by atoms with E-state index in [1.807, 2.05) is 24.3 Å². The van der Waals surface area contributed by atoms with Gasteiger partial charge in [0.05, 0.1) is 19.3 Å². The first-order chi connectivity index (χ1) is 14.9. The zero-order valence-electron chi connectivity index (χ0n) is 19.4. The molecule has 2 saturated carbocycles. The molecule has 0 radical (unpaired) electrons. The second kappa shape index (κ2) is 13.2. The predicted molar refractivity (Wildman–Crippen MR) is 122 cm³/mol. The van der Waals surface area contributed by atoms with E-state index in [2.05, 4.69) is 11.7 Å². The zero-order chi connectivity index (χ0) is 22.7. The number of ketones is 1. The van der Waals surface area contributed by atoms with E-state index in [9.17, 15) is 19.8 Å². The molecule has 31 heavy (non-hydrogen) atoms. The monoisotopic (exact) mass is 434 g/mol. The van der Waals surface area contributed by atoms with Gasteiger partial charge in [-0.3, -0.25) is 9.59 Å². The van der Waals surface area contributed by atoms with Crippen LogP contribution >= 0.6 is 0 Å². The summed E-state index contributed by atoms with van der Waals surface area (Å²) < 4.78 is 4.63. The molecule has 0 aliphatic heterocycles. The van der Waals surface area contributed by atoms with Crippen molar-refractivity contribution in [3.63, 3.8) is 0 Å². The van der Waals surface area contributed by atoms with Gasteiger partial charge in [-0.2, -0.15) is 0 Å². The molecule has 176 valence electrons. The summed E-state index contributed by atoms with van der Waals surface area (Å²) in [5.41, 5.74) is 0.0355. The SMILES string of the molecule is CCCC1(C(O)C/C=C/[C@H]2[C@H](O)CC(=O)[C@@H]2C/C=C\CCCC(=O)OC)CCCCC1. The van der Waals surface area contributed by atoms with Crippen LogP contribution in [0.4, 0.5) is 0 Å². The lowest BCUT2D eigenvalue weighted by molar-refractivity contribution is -0.140. The number of esters is 1. The lowest BCUT2D eigenvalue weighted by Gasteiger charge is -2.41. The first-order valence-electron chi connectivity index (χ1n) is 12.2. The number of hydrogen-bond donors (Lipinski definition) is 2. The molecule has 0 bridgehead atoms. The summed E-state index contributed by atoms with van der Waals surface area (Å²) in [5, 5.41) is 21.4. The number of methoxy groups -OCH3 is 1. The van der Waals surface area contributed by atoms with Gasteiger partial charge in [0.1, 0.15) is 5.78 Å². The molecule has 2 aliphatic rings. The molecule has 0 saturated heterocycles. The second-order valence-electron chi connectivity index (χ2n) is 9.45. The van der Waals surface area contributed by atoms with Crippen molar-refractivity contribution >= 4 is 11.8 Å². The Morgan fingerprint density at radius 3 is 2.65 bits per heavy atom. The highest BCUT2D eigenvalue weighted by atomic mass is 16.5. The third kappa shape index (κ3) is 7.57. The molecular formula is C26H42O5.